The standard InChI is InChI=1S/C4H8BrNO3/c1-2(7)4(5,6)3(8)9/h2,7H,6H2,1H3,(H,8,9)/t2-,4+/m1/s1/i1+1D2,2+1D,3+1,4+1,6+1. The van der Waals surface area contributed by atoms with Crippen LogP contribution in [0.2, 0.25) is 0 Å². The Bertz CT molecular complexity index is 196. The van der Waals surface area contributed by atoms with Crippen molar-refractivity contribution >= 4 is 21.9 Å². The molecule has 4 N–H and O–H groups in total. The molecule has 0 aliphatic rings. The molecule has 0 bridgehead atoms. The smallest absolute Gasteiger partial charge is 0.337 e. The second kappa shape index (κ2) is 2.64. The molecular formula is C4H8BrNO3. The Morgan fingerprint density at radius 2 is 2.67 bits per heavy atom. The molecule has 0 aliphatic heterocycles. The molecule has 0 rings (SSSR count). The van der Waals surface area contributed by atoms with Crippen LogP contribution in [0.3, 0.4) is 0 Å². The second-order valence-electron chi connectivity index (χ2n) is 1.40. The van der Waals surface area contributed by atoms with Gasteiger partial charge in [-0.15, -0.1) is 0 Å². The Morgan fingerprint density at radius 3 is 2.78 bits per heavy atom. The number of halogens is 1. The largest absolute Gasteiger partial charge is 0.479 e. The van der Waals surface area contributed by atoms with Crippen LogP contribution in [0.4, 0.5) is 0 Å². The Balaban J connectivity index is 4.88. The van der Waals surface area contributed by atoms with Gasteiger partial charge in [0.05, 0.1) is 7.45 Å². The fraction of sp³-hybridized carbons (Fsp3) is 0.750. The third kappa shape index (κ3) is 1.92. The molecule has 9 heavy (non-hydrogen) atoms. The number of carboxylic acids is 1. The average Bonchev–Trinajstić information content (AvgIpc) is 1.86. The lowest BCUT2D eigenvalue weighted by molar-refractivity contribution is -0.142. The molecule has 0 saturated carbocycles. The molecule has 0 radical (unpaired) electrons. The van der Waals surface area contributed by atoms with Gasteiger partial charge in [0.2, 0.25) is 0 Å². The third-order valence-electron chi connectivity index (χ3n) is 0.684. The number of alkyl halides is 1. The number of hydrogen-bond donors (Lipinski definition) is 3. The van der Waals surface area contributed by atoms with Crippen molar-refractivity contribution in [2.24, 2.45) is 5.73 Å². The molecule has 0 amide bonds. The van der Waals surface area contributed by atoms with Crippen molar-refractivity contribution in [1.82, 2.24) is 0 Å². The first-order valence-corrected chi connectivity index (χ1v) is 2.71. The van der Waals surface area contributed by atoms with E-state index in [1.165, 1.54) is 0 Å². The van der Waals surface area contributed by atoms with Crippen molar-refractivity contribution in [1.29, 1.82) is 0 Å². The van der Waals surface area contributed by atoms with Crippen molar-refractivity contribution < 1.29 is 19.1 Å². The number of carbonyl (C=O) groups is 1. The highest BCUT2D eigenvalue weighted by molar-refractivity contribution is 9.10. The van der Waals surface area contributed by atoms with Crippen molar-refractivity contribution in [3.05, 3.63) is 0 Å². The monoisotopic (exact) mass is 205 g/mol. The van der Waals surface area contributed by atoms with E-state index in [0.717, 1.165) is 0 Å². The minimum Gasteiger partial charge on any atom is -0.479 e. The normalized spacial score (nSPS) is 29.1. The van der Waals surface area contributed by atoms with E-state index in [1.54, 1.807) is 0 Å². The van der Waals surface area contributed by atoms with Gasteiger partial charge < -0.3 is 15.9 Å². The lowest BCUT2D eigenvalue weighted by atomic mass is 11.2. The first-order chi connectivity index (χ1) is 5.14. The van der Waals surface area contributed by atoms with Crippen LogP contribution in [0.1, 0.15) is 11.0 Å². The Morgan fingerprint density at radius 1 is 2.22 bits per heavy atom. The van der Waals surface area contributed by atoms with Crippen LogP contribution in [0.25, 0.3) is 0 Å². The molecule has 0 saturated heterocycles. The predicted molar refractivity (Wildman–Crippen MR) is 35.2 cm³/mol. The second-order valence-corrected chi connectivity index (χ2v) is 2.65. The summed E-state index contributed by atoms with van der Waals surface area (Å²) < 4.78 is 17.8. The maximum absolute atomic E-state index is 10.4. The fourth-order valence-electron chi connectivity index (χ4n) is 0.110. The zero-order chi connectivity index (χ0) is 10.2. The topological polar surface area (TPSA) is 83.5 Å². The molecule has 0 unspecified atom stereocenters. The van der Waals surface area contributed by atoms with Gasteiger partial charge in [0.15, 0.2) is 4.45 Å². The zero-order valence-electron chi connectivity index (χ0n) is 7.34. The zero-order valence-corrected chi connectivity index (χ0v) is 5.92. The van der Waals surface area contributed by atoms with Crippen molar-refractivity contribution in [3.8, 4) is 0 Å². The Labute approximate surface area is 65.0 Å². The average molecular weight is 206 g/mol. The van der Waals surface area contributed by atoms with E-state index in [2.05, 4.69) is 15.9 Å². The molecule has 0 heterocycles. The molecule has 54 valence electrons. The SMILES string of the molecule is [2H][13CH]([2H])[13C@@]([2H])(O)[13C@@]([15NH2])(Br)[13C](=O)O. The maximum Gasteiger partial charge on any atom is 0.337 e. The van der Waals surface area contributed by atoms with Gasteiger partial charge in [0.1, 0.15) is 0 Å². The minimum absolute atomic E-state index is 1.70. The first kappa shape index (κ1) is 4.65. The van der Waals surface area contributed by atoms with Gasteiger partial charge in [-0.25, -0.2) is 4.79 Å². The number of carboxylic acid groups (broad SMARTS) is 1. The summed E-state index contributed by atoms with van der Waals surface area (Å²) in [7, 11) is 0. The predicted octanol–water partition coefficient (Wildman–Crippen LogP) is -0.498. The maximum atomic E-state index is 10.4. The third-order valence-corrected chi connectivity index (χ3v) is 1.43. The van der Waals surface area contributed by atoms with E-state index in [1.807, 2.05) is 0 Å². The lowest BCUT2D eigenvalue weighted by Gasteiger charge is -2.19. The highest BCUT2D eigenvalue weighted by atomic mass is 79.9. The van der Waals surface area contributed by atoms with E-state index in [-0.39, 0.29) is 0 Å². The highest BCUT2D eigenvalue weighted by Crippen LogP contribution is 2.14. The molecule has 2 atom stereocenters. The fourth-order valence-corrected chi connectivity index (χ4v) is 0.110. The molecule has 0 fully saturated rings. The summed E-state index contributed by atoms with van der Waals surface area (Å²) in [4.78, 5) is 10.4. The molecule has 0 aliphatic carbocycles. The summed E-state index contributed by atoms with van der Waals surface area (Å²) in [5.74, 6) is -1.70. The van der Waals surface area contributed by atoms with Crippen molar-refractivity contribution in [2.75, 3.05) is 0 Å². The van der Waals surface area contributed by atoms with Crippen LogP contribution < -0.4 is 5.73 Å². The number of aliphatic hydroxyl groups is 1. The van der Waals surface area contributed by atoms with Gasteiger partial charge in [0.25, 0.3) is 0 Å². The van der Waals surface area contributed by atoms with Crippen LogP contribution in [-0.4, -0.2) is 26.7 Å². The molecule has 5 heteroatoms. The summed E-state index contributed by atoms with van der Waals surface area (Å²) >= 11 is 2.37. The molecular weight excluding hydrogens is 195 g/mol. The van der Waals surface area contributed by atoms with Gasteiger partial charge >= 0.3 is 5.97 Å². The Kier molecular flexibility index (Phi) is 1.36. The van der Waals surface area contributed by atoms with E-state index < -0.39 is 23.4 Å². The summed E-state index contributed by atoms with van der Waals surface area (Å²) in [6, 6.07) is 0. The summed E-state index contributed by atoms with van der Waals surface area (Å²) in [5.41, 5.74) is 4.98. The molecule has 0 aromatic heterocycles. The van der Waals surface area contributed by atoms with Gasteiger partial charge in [0, 0.05) is 2.74 Å². The van der Waals surface area contributed by atoms with Crippen molar-refractivity contribution in [3.63, 3.8) is 0 Å². The van der Waals surface area contributed by atoms with Crippen LogP contribution in [0, 0.1) is 0 Å². The van der Waals surface area contributed by atoms with E-state index in [4.69, 9.17) is 20.1 Å². The minimum atomic E-state index is -2.90. The molecule has 4 nitrogen and oxygen atoms in total. The van der Waals surface area contributed by atoms with Gasteiger partial charge in [-0.2, -0.15) is 0 Å². The molecule has 0 aromatic rings. The quantitative estimate of drug-likeness (QED) is 0.246. The van der Waals surface area contributed by atoms with Crippen LogP contribution in [-0.2, 0) is 4.79 Å². The summed E-state index contributed by atoms with van der Waals surface area (Å²) in [5, 5.41) is 17.4. The van der Waals surface area contributed by atoms with Crippen LogP contribution in [0.5, 0.6) is 0 Å². The van der Waals surface area contributed by atoms with E-state index >= 15 is 0 Å². The molecule has 0 spiro atoms. The number of rotatable bonds is 2. The summed E-state index contributed by atoms with van der Waals surface area (Å²) in [6.07, 6.45) is -2.90. The van der Waals surface area contributed by atoms with E-state index in [0.29, 0.717) is 0 Å². The Hall–Kier alpha value is -0.130. The van der Waals surface area contributed by atoms with E-state index in [9.17, 15) is 4.79 Å². The highest BCUT2D eigenvalue weighted by Gasteiger charge is 2.35. The van der Waals surface area contributed by atoms with Gasteiger partial charge in [-0.1, -0.05) is 15.9 Å². The number of aliphatic carboxylic acids is 1. The number of hydrogen-bond acceptors (Lipinski definition) is 3. The van der Waals surface area contributed by atoms with Crippen LogP contribution in [0.15, 0.2) is 0 Å². The molecule has 0 aromatic carbocycles. The summed E-state index contributed by atoms with van der Waals surface area (Å²) in [6.45, 7) is -2.09. The van der Waals surface area contributed by atoms with Gasteiger partial charge in [-0.05, 0) is 6.88 Å². The number of nitrogens with two attached hydrogens (primary N) is 1. The first-order valence-electron chi connectivity index (χ1n) is 3.57. The van der Waals surface area contributed by atoms with Crippen molar-refractivity contribution in [2.45, 2.75) is 17.4 Å². The lowest BCUT2D eigenvalue weighted by Crippen LogP contribution is -2.50. The van der Waals surface area contributed by atoms with Crippen LogP contribution >= 0.6 is 15.9 Å². The van der Waals surface area contributed by atoms with Gasteiger partial charge in [-0.3, -0.25) is 0 Å².